The second-order valence-electron chi connectivity index (χ2n) is 6.32. The van der Waals surface area contributed by atoms with Crippen LogP contribution in [-0.2, 0) is 4.79 Å². The van der Waals surface area contributed by atoms with E-state index in [4.69, 9.17) is 25.8 Å². The molecule has 0 unspecified atom stereocenters. The third-order valence-electron chi connectivity index (χ3n) is 3.99. The number of ether oxygens (including phenoxy) is 3. The van der Waals surface area contributed by atoms with Crippen LogP contribution in [0.3, 0.4) is 0 Å². The molecule has 2 aromatic rings. The fraction of sp³-hybridized carbons (Fsp3) is 0.364. The van der Waals surface area contributed by atoms with E-state index in [1.165, 1.54) is 4.90 Å². The van der Waals surface area contributed by atoms with Crippen LogP contribution in [0.25, 0.3) is 0 Å². The number of nitrogens with one attached hydrogen (secondary N) is 1. The minimum atomic E-state index is -0.346. The van der Waals surface area contributed by atoms with Crippen LogP contribution in [0.2, 0.25) is 5.02 Å². The summed E-state index contributed by atoms with van der Waals surface area (Å²) in [5, 5.41) is 3.24. The molecule has 0 radical (unpaired) electrons. The Kier molecular flexibility index (Phi) is 8.80. The summed E-state index contributed by atoms with van der Waals surface area (Å²) in [6, 6.07) is 10.0. The van der Waals surface area contributed by atoms with Gasteiger partial charge in [0.15, 0.2) is 11.5 Å². The number of carbonyl (C=O) groups is 2. The van der Waals surface area contributed by atoms with Gasteiger partial charge in [-0.1, -0.05) is 17.7 Å². The van der Waals surface area contributed by atoms with Crippen LogP contribution in [0.15, 0.2) is 36.4 Å². The maximum Gasteiger partial charge on any atom is 0.254 e. The second kappa shape index (κ2) is 11.3. The van der Waals surface area contributed by atoms with Gasteiger partial charge in [0.25, 0.3) is 5.91 Å². The van der Waals surface area contributed by atoms with Gasteiger partial charge in [-0.15, -0.1) is 0 Å². The summed E-state index contributed by atoms with van der Waals surface area (Å²) in [6.45, 7) is 6.65. The van der Waals surface area contributed by atoms with E-state index in [9.17, 15) is 9.59 Å². The fourth-order valence-electron chi connectivity index (χ4n) is 2.79. The van der Waals surface area contributed by atoms with Gasteiger partial charge < -0.3 is 24.4 Å². The van der Waals surface area contributed by atoms with Gasteiger partial charge in [0.2, 0.25) is 11.7 Å². The van der Waals surface area contributed by atoms with E-state index in [1.807, 2.05) is 20.8 Å². The molecular formula is C22H27ClN2O5. The molecule has 0 aliphatic heterocycles. The summed E-state index contributed by atoms with van der Waals surface area (Å²) in [5.41, 5.74) is 0.898. The third kappa shape index (κ3) is 6.29. The Balaban J connectivity index is 2.19. The SMILES string of the molecule is CCOc1cc(C(=O)N(C)CC(=O)Nc2cccc(Cl)c2)cc(OCC)c1OCC. The summed E-state index contributed by atoms with van der Waals surface area (Å²) in [4.78, 5) is 26.6. The Hall–Kier alpha value is -2.93. The Morgan fingerprint density at radius 3 is 2.10 bits per heavy atom. The van der Waals surface area contributed by atoms with Crippen LogP contribution < -0.4 is 19.5 Å². The van der Waals surface area contributed by atoms with Crippen molar-refractivity contribution >= 4 is 29.1 Å². The Morgan fingerprint density at radius 2 is 1.57 bits per heavy atom. The van der Waals surface area contributed by atoms with Gasteiger partial charge in [-0.3, -0.25) is 9.59 Å². The predicted molar refractivity (Wildman–Crippen MR) is 117 cm³/mol. The van der Waals surface area contributed by atoms with E-state index in [2.05, 4.69) is 5.32 Å². The first kappa shape index (κ1) is 23.3. The Bertz CT molecular complexity index is 861. The average molecular weight is 435 g/mol. The molecule has 2 rings (SSSR count). The quantitative estimate of drug-likeness (QED) is 0.605. The van der Waals surface area contributed by atoms with Crippen molar-refractivity contribution in [2.45, 2.75) is 20.8 Å². The van der Waals surface area contributed by atoms with Gasteiger partial charge in [-0.2, -0.15) is 0 Å². The van der Waals surface area contributed by atoms with Crippen molar-refractivity contribution in [1.29, 1.82) is 0 Å². The molecule has 1 N–H and O–H groups in total. The molecule has 0 atom stereocenters. The van der Waals surface area contributed by atoms with Gasteiger partial charge in [-0.05, 0) is 51.1 Å². The molecule has 0 fully saturated rings. The minimum absolute atomic E-state index is 0.132. The maximum atomic E-state index is 12.9. The zero-order valence-corrected chi connectivity index (χ0v) is 18.4. The van der Waals surface area contributed by atoms with Gasteiger partial charge in [0.05, 0.1) is 26.4 Å². The molecule has 0 aliphatic carbocycles. The first-order chi connectivity index (χ1) is 14.4. The van der Waals surface area contributed by atoms with Gasteiger partial charge in [-0.25, -0.2) is 0 Å². The average Bonchev–Trinajstić information content (AvgIpc) is 2.69. The van der Waals surface area contributed by atoms with E-state index >= 15 is 0 Å². The lowest BCUT2D eigenvalue weighted by Crippen LogP contribution is -2.35. The number of carbonyl (C=O) groups excluding carboxylic acids is 2. The van der Waals surface area contributed by atoms with Crippen molar-refractivity contribution in [2.24, 2.45) is 0 Å². The lowest BCUT2D eigenvalue weighted by Gasteiger charge is -2.20. The highest BCUT2D eigenvalue weighted by molar-refractivity contribution is 6.30. The van der Waals surface area contributed by atoms with Crippen molar-refractivity contribution in [3.05, 3.63) is 47.0 Å². The largest absolute Gasteiger partial charge is 0.490 e. The van der Waals surface area contributed by atoms with E-state index in [1.54, 1.807) is 43.4 Å². The Morgan fingerprint density at radius 1 is 0.967 bits per heavy atom. The Labute approximate surface area is 181 Å². The third-order valence-corrected chi connectivity index (χ3v) is 4.23. The maximum absolute atomic E-state index is 12.9. The highest BCUT2D eigenvalue weighted by Gasteiger charge is 2.21. The molecule has 0 heterocycles. The molecule has 0 saturated heterocycles. The van der Waals surface area contributed by atoms with Crippen LogP contribution in [0, 0.1) is 0 Å². The number of hydrogen-bond acceptors (Lipinski definition) is 5. The number of benzene rings is 2. The predicted octanol–water partition coefficient (Wildman–Crippen LogP) is 4.25. The molecule has 0 spiro atoms. The topological polar surface area (TPSA) is 77.1 Å². The lowest BCUT2D eigenvalue weighted by atomic mass is 10.1. The number of nitrogens with zero attached hydrogens (tertiary/aromatic N) is 1. The number of halogens is 1. The first-order valence-electron chi connectivity index (χ1n) is 9.76. The van der Waals surface area contributed by atoms with E-state index in [0.29, 0.717) is 53.3 Å². The summed E-state index contributed by atoms with van der Waals surface area (Å²) < 4.78 is 17.0. The summed E-state index contributed by atoms with van der Waals surface area (Å²) >= 11 is 5.93. The molecule has 0 aliphatic rings. The molecule has 30 heavy (non-hydrogen) atoms. The molecule has 8 heteroatoms. The van der Waals surface area contributed by atoms with Gasteiger partial charge in [0, 0.05) is 23.3 Å². The second-order valence-corrected chi connectivity index (χ2v) is 6.76. The van der Waals surface area contributed by atoms with Gasteiger partial charge in [0.1, 0.15) is 0 Å². The molecule has 0 saturated carbocycles. The summed E-state index contributed by atoms with van der Waals surface area (Å²) in [5.74, 6) is 0.616. The van der Waals surface area contributed by atoms with Crippen LogP contribution in [-0.4, -0.2) is 50.1 Å². The summed E-state index contributed by atoms with van der Waals surface area (Å²) in [6.07, 6.45) is 0. The number of anilines is 1. The van der Waals surface area contributed by atoms with Crippen molar-refractivity contribution in [1.82, 2.24) is 4.90 Å². The summed E-state index contributed by atoms with van der Waals surface area (Å²) in [7, 11) is 1.55. The molecule has 0 bridgehead atoms. The number of hydrogen-bond donors (Lipinski definition) is 1. The fourth-order valence-corrected chi connectivity index (χ4v) is 2.98. The smallest absolute Gasteiger partial charge is 0.254 e. The number of rotatable bonds is 10. The van der Waals surface area contributed by atoms with Crippen LogP contribution >= 0.6 is 11.6 Å². The van der Waals surface area contributed by atoms with Crippen molar-refractivity contribution in [3.63, 3.8) is 0 Å². The van der Waals surface area contributed by atoms with Gasteiger partial charge >= 0.3 is 0 Å². The molecular weight excluding hydrogens is 408 g/mol. The zero-order chi connectivity index (χ0) is 22.1. The highest BCUT2D eigenvalue weighted by atomic mass is 35.5. The molecule has 7 nitrogen and oxygen atoms in total. The van der Waals surface area contributed by atoms with Crippen molar-refractivity contribution in [2.75, 3.05) is 38.7 Å². The monoisotopic (exact) mass is 434 g/mol. The zero-order valence-electron chi connectivity index (χ0n) is 17.7. The van der Waals surface area contributed by atoms with Crippen LogP contribution in [0.5, 0.6) is 17.2 Å². The molecule has 0 aromatic heterocycles. The molecule has 2 aromatic carbocycles. The van der Waals surface area contributed by atoms with E-state index in [0.717, 1.165) is 0 Å². The normalized spacial score (nSPS) is 10.3. The van der Waals surface area contributed by atoms with Crippen molar-refractivity contribution < 1.29 is 23.8 Å². The van der Waals surface area contributed by atoms with Crippen LogP contribution in [0.1, 0.15) is 31.1 Å². The van der Waals surface area contributed by atoms with Crippen molar-refractivity contribution in [3.8, 4) is 17.2 Å². The van der Waals surface area contributed by atoms with E-state index in [-0.39, 0.29) is 18.4 Å². The first-order valence-corrected chi connectivity index (χ1v) is 10.1. The van der Waals surface area contributed by atoms with Crippen LogP contribution in [0.4, 0.5) is 5.69 Å². The number of likely N-dealkylation sites (N-methyl/N-ethyl adjacent to an activating group) is 1. The van der Waals surface area contributed by atoms with E-state index < -0.39 is 0 Å². The minimum Gasteiger partial charge on any atom is -0.490 e. The standard InChI is InChI=1S/C22H27ClN2O5/c1-5-28-18-11-15(12-19(29-6-2)21(18)30-7-3)22(27)25(4)14-20(26)24-17-10-8-9-16(23)13-17/h8-13H,5-7,14H2,1-4H3,(H,24,26). The molecule has 2 amide bonds. The highest BCUT2D eigenvalue weighted by Crippen LogP contribution is 2.39. The molecule has 162 valence electrons. The number of amides is 2. The lowest BCUT2D eigenvalue weighted by molar-refractivity contribution is -0.116.